The van der Waals surface area contributed by atoms with Crippen LogP contribution in [0.2, 0.25) is 0 Å². The molecule has 9 heteroatoms. The number of nitrogens with one attached hydrogen (secondary N) is 2. The summed E-state index contributed by atoms with van der Waals surface area (Å²) in [6.45, 7) is 1.54. The van der Waals surface area contributed by atoms with Gasteiger partial charge in [-0.05, 0) is 58.7 Å². The first kappa shape index (κ1) is 20.1. The van der Waals surface area contributed by atoms with Crippen molar-refractivity contribution < 1.29 is 18.3 Å². The number of fused-ring (bicyclic) bond motifs is 1. The summed E-state index contributed by atoms with van der Waals surface area (Å²) in [7, 11) is 0. The largest absolute Gasteiger partial charge is 0.416 e. The molecular weight excluding hydrogens is 449 g/mol. The first-order valence-electron chi connectivity index (χ1n) is 9.15. The zero-order valence-corrected chi connectivity index (χ0v) is 16.9. The van der Waals surface area contributed by atoms with Gasteiger partial charge in [0, 0.05) is 58.0 Å². The number of hydrogen-bond donors (Lipinski definition) is 4. The van der Waals surface area contributed by atoms with Gasteiger partial charge in [0.15, 0.2) is 6.23 Å². The van der Waals surface area contributed by atoms with Crippen LogP contribution in [0.1, 0.15) is 29.3 Å². The van der Waals surface area contributed by atoms with Gasteiger partial charge in [0.05, 0.1) is 5.56 Å². The fourth-order valence-electron chi connectivity index (χ4n) is 3.65. The Labute approximate surface area is 174 Å². The Morgan fingerprint density at radius 1 is 1.21 bits per heavy atom. The number of hydrogen-bond acceptors (Lipinski definition) is 5. The van der Waals surface area contributed by atoms with E-state index in [1.807, 2.05) is 12.1 Å². The van der Waals surface area contributed by atoms with Gasteiger partial charge in [-0.1, -0.05) is 0 Å². The summed E-state index contributed by atoms with van der Waals surface area (Å²) >= 11 is 3.51. The minimum atomic E-state index is -4.39. The number of nitrogens with zero attached hydrogens (tertiary/aromatic N) is 1. The van der Waals surface area contributed by atoms with Crippen LogP contribution in [0.4, 0.5) is 30.2 Å². The number of benzene rings is 2. The SMILES string of the molecule is NC1CCN(c2cc(Nc3ccc(C(F)(F)F)cc3)c3c(c2)C(Br)=CN[C@H]3O)C1. The second-order valence-electron chi connectivity index (χ2n) is 7.21. The lowest BCUT2D eigenvalue weighted by Crippen LogP contribution is -2.27. The van der Waals surface area contributed by atoms with Crippen LogP contribution in [-0.2, 0) is 6.18 Å². The van der Waals surface area contributed by atoms with E-state index in [2.05, 4.69) is 31.5 Å². The molecule has 5 N–H and O–H groups in total. The lowest BCUT2D eigenvalue weighted by atomic mass is 9.99. The van der Waals surface area contributed by atoms with E-state index < -0.39 is 18.0 Å². The van der Waals surface area contributed by atoms with Crippen molar-refractivity contribution in [2.24, 2.45) is 5.73 Å². The van der Waals surface area contributed by atoms with E-state index in [9.17, 15) is 18.3 Å². The van der Waals surface area contributed by atoms with Gasteiger partial charge < -0.3 is 26.4 Å². The van der Waals surface area contributed by atoms with Gasteiger partial charge >= 0.3 is 6.18 Å². The van der Waals surface area contributed by atoms with Gasteiger partial charge in [0.1, 0.15) is 0 Å². The van der Waals surface area contributed by atoms with Gasteiger partial charge in [-0.25, -0.2) is 0 Å². The van der Waals surface area contributed by atoms with Crippen LogP contribution in [-0.4, -0.2) is 24.2 Å². The van der Waals surface area contributed by atoms with Crippen LogP contribution in [0.5, 0.6) is 0 Å². The fourth-order valence-corrected chi connectivity index (χ4v) is 4.11. The Morgan fingerprint density at radius 2 is 1.93 bits per heavy atom. The van der Waals surface area contributed by atoms with Gasteiger partial charge in [-0.15, -0.1) is 0 Å². The molecule has 1 saturated heterocycles. The molecule has 2 aliphatic heterocycles. The third kappa shape index (κ3) is 4.08. The molecule has 2 aromatic carbocycles. The van der Waals surface area contributed by atoms with Crippen LogP contribution < -0.4 is 21.3 Å². The Balaban J connectivity index is 1.73. The molecule has 0 aromatic heterocycles. The Hall–Kier alpha value is -2.23. The lowest BCUT2D eigenvalue weighted by molar-refractivity contribution is -0.137. The predicted molar refractivity (Wildman–Crippen MR) is 111 cm³/mol. The summed E-state index contributed by atoms with van der Waals surface area (Å²) in [6, 6.07) is 8.79. The molecule has 0 radical (unpaired) electrons. The van der Waals surface area contributed by atoms with E-state index >= 15 is 0 Å². The molecule has 2 aliphatic rings. The maximum Gasteiger partial charge on any atom is 0.416 e. The van der Waals surface area contributed by atoms with E-state index in [4.69, 9.17) is 5.73 Å². The van der Waals surface area contributed by atoms with Crippen molar-refractivity contribution in [3.63, 3.8) is 0 Å². The summed E-state index contributed by atoms with van der Waals surface area (Å²) < 4.78 is 39.3. The smallest absolute Gasteiger partial charge is 0.370 e. The van der Waals surface area contributed by atoms with Crippen molar-refractivity contribution >= 4 is 37.5 Å². The molecule has 29 heavy (non-hydrogen) atoms. The van der Waals surface area contributed by atoms with Crippen molar-refractivity contribution in [1.82, 2.24) is 5.32 Å². The highest BCUT2D eigenvalue weighted by atomic mass is 79.9. The van der Waals surface area contributed by atoms with E-state index in [-0.39, 0.29) is 6.04 Å². The minimum Gasteiger partial charge on any atom is -0.370 e. The molecule has 2 aromatic rings. The Bertz CT molecular complexity index is 946. The van der Waals surface area contributed by atoms with Crippen LogP contribution in [0.3, 0.4) is 0 Å². The van der Waals surface area contributed by atoms with Crippen molar-refractivity contribution in [2.75, 3.05) is 23.3 Å². The van der Waals surface area contributed by atoms with Crippen molar-refractivity contribution in [3.05, 3.63) is 59.3 Å². The molecule has 0 aliphatic carbocycles. The third-order valence-corrected chi connectivity index (χ3v) is 5.80. The van der Waals surface area contributed by atoms with Crippen LogP contribution in [0, 0.1) is 0 Å². The monoisotopic (exact) mass is 468 g/mol. The Morgan fingerprint density at radius 3 is 2.55 bits per heavy atom. The first-order chi connectivity index (χ1) is 13.7. The summed E-state index contributed by atoms with van der Waals surface area (Å²) in [5.41, 5.74) is 8.80. The van der Waals surface area contributed by atoms with Gasteiger partial charge in [0.2, 0.25) is 0 Å². The van der Waals surface area contributed by atoms with E-state index in [1.165, 1.54) is 12.1 Å². The average molecular weight is 469 g/mol. The van der Waals surface area contributed by atoms with Gasteiger partial charge in [-0.2, -0.15) is 13.2 Å². The van der Waals surface area contributed by atoms with E-state index in [1.54, 1.807) is 6.20 Å². The number of alkyl halides is 3. The standard InChI is InChI=1S/C20H20BrF3N4O/c21-16-9-26-19(29)18-15(16)7-14(28-6-5-12(25)10-28)8-17(18)27-13-3-1-11(2-4-13)20(22,23)24/h1-4,7-9,12,19,26-27,29H,5-6,10,25H2/t12?,19-/m0/s1. The summed E-state index contributed by atoms with van der Waals surface area (Å²) in [5, 5.41) is 16.5. The molecule has 0 spiro atoms. The highest BCUT2D eigenvalue weighted by Gasteiger charge is 2.30. The second kappa shape index (κ2) is 7.55. The number of nitrogens with two attached hydrogens (primary N) is 1. The lowest BCUT2D eigenvalue weighted by Gasteiger charge is -2.28. The summed E-state index contributed by atoms with van der Waals surface area (Å²) in [6.07, 6.45) is -2.77. The van der Waals surface area contributed by atoms with Crippen molar-refractivity contribution in [3.8, 4) is 0 Å². The molecule has 154 valence electrons. The molecule has 0 saturated carbocycles. The number of rotatable bonds is 3. The molecule has 2 atom stereocenters. The topological polar surface area (TPSA) is 73.5 Å². The highest BCUT2D eigenvalue weighted by molar-refractivity contribution is 9.15. The number of aliphatic hydroxyl groups is 1. The minimum absolute atomic E-state index is 0.101. The summed E-state index contributed by atoms with van der Waals surface area (Å²) in [4.78, 5) is 2.16. The number of anilines is 3. The van der Waals surface area contributed by atoms with Crippen molar-refractivity contribution in [1.29, 1.82) is 0 Å². The zero-order valence-electron chi connectivity index (χ0n) is 15.3. The van der Waals surface area contributed by atoms with E-state index in [0.717, 1.165) is 47.4 Å². The molecule has 0 amide bonds. The Kier molecular flexibility index (Phi) is 5.22. The normalized spacial score (nSPS) is 21.4. The maximum atomic E-state index is 12.8. The zero-order chi connectivity index (χ0) is 20.8. The maximum absolute atomic E-state index is 12.8. The number of halogens is 4. The first-order valence-corrected chi connectivity index (χ1v) is 9.94. The predicted octanol–water partition coefficient (Wildman–Crippen LogP) is 4.27. The molecule has 1 unspecified atom stereocenters. The number of aliphatic hydroxyl groups excluding tert-OH is 1. The van der Waals surface area contributed by atoms with Crippen LogP contribution >= 0.6 is 15.9 Å². The molecule has 5 nitrogen and oxygen atoms in total. The van der Waals surface area contributed by atoms with Gasteiger partial charge in [0.25, 0.3) is 0 Å². The van der Waals surface area contributed by atoms with Gasteiger partial charge in [-0.3, -0.25) is 0 Å². The molecule has 1 fully saturated rings. The van der Waals surface area contributed by atoms with Crippen molar-refractivity contribution in [2.45, 2.75) is 24.9 Å². The van der Waals surface area contributed by atoms with Crippen LogP contribution in [0.25, 0.3) is 4.48 Å². The molecule has 2 heterocycles. The summed E-state index contributed by atoms with van der Waals surface area (Å²) in [5.74, 6) is 0. The fraction of sp³-hybridized carbons (Fsp3) is 0.300. The van der Waals surface area contributed by atoms with Crippen LogP contribution in [0.15, 0.2) is 42.6 Å². The highest BCUT2D eigenvalue weighted by Crippen LogP contribution is 2.41. The molecule has 4 rings (SSSR count). The quantitative estimate of drug-likeness (QED) is 0.541. The molecule has 0 bridgehead atoms. The third-order valence-electron chi connectivity index (χ3n) is 5.14. The van der Waals surface area contributed by atoms with E-state index in [0.29, 0.717) is 16.9 Å². The average Bonchev–Trinajstić information content (AvgIpc) is 3.10. The molecular formula is C20H20BrF3N4O. The second-order valence-corrected chi connectivity index (χ2v) is 8.07.